The Balaban J connectivity index is 1.53. The number of nitrogens with zero attached hydrogens (tertiary/aromatic N) is 1. The fraction of sp³-hybridized carbons (Fsp3) is 0.316. The number of fused-ring (bicyclic) bond motifs is 1. The van der Waals surface area contributed by atoms with Crippen molar-refractivity contribution in [1.82, 2.24) is 0 Å². The van der Waals surface area contributed by atoms with Gasteiger partial charge < -0.3 is 4.90 Å². The second-order valence-electron chi connectivity index (χ2n) is 6.70. The van der Waals surface area contributed by atoms with Crippen molar-refractivity contribution in [3.05, 3.63) is 59.7 Å². The first-order chi connectivity index (χ1) is 12.0. The lowest BCUT2D eigenvalue weighted by Crippen LogP contribution is -2.30. The van der Waals surface area contributed by atoms with E-state index in [1.165, 1.54) is 0 Å². The summed E-state index contributed by atoms with van der Waals surface area (Å²) in [6, 6.07) is 14.5. The van der Waals surface area contributed by atoms with Crippen LogP contribution in [0.4, 0.5) is 11.4 Å². The maximum absolute atomic E-state index is 12.4. The molecule has 4 rings (SSSR count). The molecule has 2 aromatic rings. The first-order valence-electron chi connectivity index (χ1n) is 8.50. The lowest BCUT2D eigenvalue weighted by Gasteiger charge is -2.18. The number of hydrogen-bond acceptors (Lipinski definition) is 3. The Labute approximate surface area is 147 Å². The van der Waals surface area contributed by atoms with Crippen molar-refractivity contribution in [1.29, 1.82) is 0 Å². The molecule has 1 N–H and O–H groups in total. The summed E-state index contributed by atoms with van der Waals surface area (Å²) in [6.07, 6.45) is 2.76. The summed E-state index contributed by atoms with van der Waals surface area (Å²) in [5.74, 6) is 0.253. The molecular weight excluding hydrogens is 336 g/mol. The predicted molar refractivity (Wildman–Crippen MR) is 97.9 cm³/mol. The van der Waals surface area contributed by atoms with Gasteiger partial charge >= 0.3 is 0 Å². The van der Waals surface area contributed by atoms with E-state index in [1.807, 2.05) is 29.2 Å². The highest BCUT2D eigenvalue weighted by Gasteiger charge is 2.36. The second kappa shape index (κ2) is 6.19. The number of amides is 1. The van der Waals surface area contributed by atoms with Crippen molar-refractivity contribution in [2.24, 2.45) is 5.92 Å². The minimum atomic E-state index is -3.50. The highest BCUT2D eigenvalue weighted by molar-refractivity contribution is 7.91. The van der Waals surface area contributed by atoms with E-state index in [-0.39, 0.29) is 17.6 Å². The van der Waals surface area contributed by atoms with Crippen LogP contribution in [0, 0.1) is 5.92 Å². The zero-order chi connectivity index (χ0) is 17.4. The standard InChI is InChI=1S/C19H20N2O3S/c22-19(16-6-7-16)21-11-10-15-8-9-17(12-18(15)21)20-25(23,24)13-14-4-2-1-3-5-14/h1-5,8-9,12,16,20H,6-7,10-11,13H2. The predicted octanol–water partition coefficient (Wildman–Crippen LogP) is 2.93. The molecule has 1 amide bonds. The molecule has 0 atom stereocenters. The van der Waals surface area contributed by atoms with Crippen LogP contribution in [0.1, 0.15) is 24.0 Å². The quantitative estimate of drug-likeness (QED) is 0.896. The van der Waals surface area contributed by atoms with Gasteiger partial charge in [-0.1, -0.05) is 36.4 Å². The van der Waals surface area contributed by atoms with Gasteiger partial charge in [0.25, 0.3) is 0 Å². The Morgan fingerprint density at radius 1 is 1.12 bits per heavy atom. The van der Waals surface area contributed by atoms with E-state index < -0.39 is 10.0 Å². The zero-order valence-corrected chi connectivity index (χ0v) is 14.6. The number of nitrogens with one attached hydrogen (secondary N) is 1. The first-order valence-corrected chi connectivity index (χ1v) is 10.2. The molecule has 0 radical (unpaired) electrons. The molecule has 0 aromatic heterocycles. The zero-order valence-electron chi connectivity index (χ0n) is 13.8. The van der Waals surface area contributed by atoms with E-state index in [1.54, 1.807) is 24.3 Å². The van der Waals surface area contributed by atoms with Gasteiger partial charge in [-0.3, -0.25) is 9.52 Å². The summed E-state index contributed by atoms with van der Waals surface area (Å²) in [5.41, 5.74) is 3.18. The monoisotopic (exact) mass is 356 g/mol. The molecule has 1 heterocycles. The molecular formula is C19H20N2O3S. The topological polar surface area (TPSA) is 66.5 Å². The lowest BCUT2D eigenvalue weighted by atomic mass is 10.1. The second-order valence-corrected chi connectivity index (χ2v) is 8.43. The fourth-order valence-corrected chi connectivity index (χ4v) is 4.42. The van der Waals surface area contributed by atoms with Gasteiger partial charge in [-0.2, -0.15) is 0 Å². The van der Waals surface area contributed by atoms with E-state index in [2.05, 4.69) is 4.72 Å². The van der Waals surface area contributed by atoms with Crippen LogP contribution in [0.3, 0.4) is 0 Å². The van der Waals surface area contributed by atoms with E-state index in [0.717, 1.165) is 36.1 Å². The van der Waals surface area contributed by atoms with Gasteiger partial charge in [-0.25, -0.2) is 8.42 Å². The number of sulfonamides is 1. The van der Waals surface area contributed by atoms with E-state index in [9.17, 15) is 13.2 Å². The molecule has 2 aromatic carbocycles. The van der Waals surface area contributed by atoms with Gasteiger partial charge in [0.2, 0.25) is 15.9 Å². The molecule has 0 spiro atoms. The van der Waals surface area contributed by atoms with Crippen LogP contribution in [0.5, 0.6) is 0 Å². The summed E-state index contributed by atoms with van der Waals surface area (Å²) in [7, 11) is -3.50. The first kappa shape index (κ1) is 16.1. The number of rotatable bonds is 5. The number of anilines is 2. The number of carbonyl (C=O) groups excluding carboxylic acids is 1. The van der Waals surface area contributed by atoms with Crippen LogP contribution < -0.4 is 9.62 Å². The Hall–Kier alpha value is -2.34. The molecule has 1 fully saturated rings. The van der Waals surface area contributed by atoms with E-state index in [0.29, 0.717) is 12.2 Å². The maximum Gasteiger partial charge on any atom is 0.236 e. The minimum absolute atomic E-state index is 0.0738. The smallest absolute Gasteiger partial charge is 0.236 e. The van der Waals surface area contributed by atoms with Crippen molar-refractivity contribution < 1.29 is 13.2 Å². The Morgan fingerprint density at radius 2 is 1.88 bits per heavy atom. The van der Waals surface area contributed by atoms with Crippen LogP contribution >= 0.6 is 0 Å². The molecule has 0 bridgehead atoms. The van der Waals surface area contributed by atoms with Crippen molar-refractivity contribution in [3.8, 4) is 0 Å². The molecule has 25 heavy (non-hydrogen) atoms. The van der Waals surface area contributed by atoms with Crippen LogP contribution in [-0.2, 0) is 27.0 Å². The van der Waals surface area contributed by atoms with Gasteiger partial charge in [0.1, 0.15) is 0 Å². The molecule has 5 nitrogen and oxygen atoms in total. The Kier molecular flexibility index (Phi) is 4.00. The summed E-state index contributed by atoms with van der Waals surface area (Å²) in [6.45, 7) is 0.685. The average Bonchev–Trinajstić information content (AvgIpc) is 3.34. The van der Waals surface area contributed by atoms with Crippen LogP contribution in [0.15, 0.2) is 48.5 Å². The molecule has 2 aliphatic rings. The molecule has 0 unspecified atom stereocenters. The fourth-order valence-electron chi connectivity index (χ4n) is 3.23. The Bertz CT molecular complexity index is 906. The van der Waals surface area contributed by atoms with Gasteiger partial charge in [0.05, 0.1) is 11.4 Å². The number of carbonyl (C=O) groups is 1. The van der Waals surface area contributed by atoms with Crippen molar-refractivity contribution in [2.75, 3.05) is 16.2 Å². The highest BCUT2D eigenvalue weighted by atomic mass is 32.2. The molecule has 6 heteroatoms. The SMILES string of the molecule is O=C(C1CC1)N1CCc2ccc(NS(=O)(=O)Cc3ccccc3)cc21. The summed E-state index contributed by atoms with van der Waals surface area (Å²) in [5, 5.41) is 0. The lowest BCUT2D eigenvalue weighted by molar-refractivity contribution is -0.119. The van der Waals surface area contributed by atoms with Crippen molar-refractivity contribution in [2.45, 2.75) is 25.0 Å². The maximum atomic E-state index is 12.4. The summed E-state index contributed by atoms with van der Waals surface area (Å²) in [4.78, 5) is 14.2. The number of hydrogen-bond donors (Lipinski definition) is 1. The molecule has 1 saturated carbocycles. The average molecular weight is 356 g/mol. The molecule has 130 valence electrons. The summed E-state index contributed by atoms with van der Waals surface area (Å²) < 4.78 is 27.5. The molecule has 1 aliphatic heterocycles. The third kappa shape index (κ3) is 3.54. The minimum Gasteiger partial charge on any atom is -0.312 e. The number of benzene rings is 2. The highest BCUT2D eigenvalue weighted by Crippen LogP contribution is 2.37. The Morgan fingerprint density at radius 3 is 2.60 bits per heavy atom. The van der Waals surface area contributed by atoms with Crippen molar-refractivity contribution in [3.63, 3.8) is 0 Å². The van der Waals surface area contributed by atoms with Gasteiger partial charge in [0.15, 0.2) is 0 Å². The summed E-state index contributed by atoms with van der Waals surface area (Å²) >= 11 is 0. The van der Waals surface area contributed by atoms with Crippen LogP contribution in [0.2, 0.25) is 0 Å². The van der Waals surface area contributed by atoms with Gasteiger partial charge in [0, 0.05) is 18.2 Å². The third-order valence-corrected chi connectivity index (χ3v) is 5.91. The van der Waals surface area contributed by atoms with Crippen molar-refractivity contribution >= 4 is 27.3 Å². The largest absolute Gasteiger partial charge is 0.312 e. The molecule has 1 aliphatic carbocycles. The normalized spacial score (nSPS) is 16.6. The van der Waals surface area contributed by atoms with Gasteiger partial charge in [-0.15, -0.1) is 0 Å². The van der Waals surface area contributed by atoms with Crippen LogP contribution in [-0.4, -0.2) is 20.9 Å². The third-order valence-electron chi connectivity index (χ3n) is 4.65. The van der Waals surface area contributed by atoms with E-state index >= 15 is 0 Å². The van der Waals surface area contributed by atoms with Crippen LogP contribution in [0.25, 0.3) is 0 Å². The molecule has 0 saturated heterocycles. The van der Waals surface area contributed by atoms with E-state index in [4.69, 9.17) is 0 Å². The van der Waals surface area contributed by atoms with Gasteiger partial charge in [-0.05, 0) is 42.5 Å².